The average molecular weight is 393 g/mol. The Bertz CT molecular complexity index is 739. The van der Waals surface area contributed by atoms with E-state index in [0.717, 1.165) is 11.4 Å². The summed E-state index contributed by atoms with van der Waals surface area (Å²) >= 11 is 0. The summed E-state index contributed by atoms with van der Waals surface area (Å²) in [7, 11) is 0. The fourth-order valence-corrected chi connectivity index (χ4v) is 4.61. The highest BCUT2D eigenvalue weighted by Gasteiger charge is 2.53. The molecule has 8 nitrogen and oxygen atoms in total. The molecule has 0 bridgehead atoms. The summed E-state index contributed by atoms with van der Waals surface area (Å²) < 4.78 is 7.88. The van der Waals surface area contributed by atoms with E-state index in [9.17, 15) is 14.7 Å². The Morgan fingerprint density at radius 1 is 1.32 bits per heavy atom. The normalized spacial score (nSPS) is 27.0. The monoisotopic (exact) mass is 392 g/mol. The first-order valence-corrected chi connectivity index (χ1v) is 10.0. The predicted octanol–water partition coefficient (Wildman–Crippen LogP) is 0.927. The molecule has 0 aliphatic carbocycles. The molecule has 2 amide bonds. The number of nitrogens with one attached hydrogen (secondary N) is 1. The Morgan fingerprint density at radius 2 is 2.00 bits per heavy atom. The molecule has 2 aliphatic rings. The van der Waals surface area contributed by atoms with Crippen molar-refractivity contribution < 1.29 is 19.4 Å². The van der Waals surface area contributed by atoms with Crippen LogP contribution in [0, 0.1) is 13.8 Å². The summed E-state index contributed by atoms with van der Waals surface area (Å²) in [6.07, 6.45) is 1.30. The minimum Gasteiger partial charge on any atom is -0.388 e. The standard InChI is InChI=1S/C20H32N4O4/c1-14-13-15(2)24(22-14)9-5-17(26)23-10-6-20(7-11-23)18(27)19(4,8-12-28-20)21-16(3)25/h13,18,27H,5-12H2,1-4H3,(H,21,25)/t18-,19+/m1/s1. The van der Waals surface area contributed by atoms with E-state index in [4.69, 9.17) is 4.74 Å². The van der Waals surface area contributed by atoms with E-state index in [0.29, 0.717) is 51.9 Å². The Kier molecular flexibility index (Phi) is 5.82. The molecular weight excluding hydrogens is 360 g/mol. The number of likely N-dealkylation sites (tertiary alicyclic amines) is 1. The van der Waals surface area contributed by atoms with Crippen LogP contribution in [0.15, 0.2) is 6.07 Å². The highest BCUT2D eigenvalue weighted by atomic mass is 16.5. The van der Waals surface area contributed by atoms with E-state index in [1.54, 1.807) is 0 Å². The maximum Gasteiger partial charge on any atom is 0.224 e. The second kappa shape index (κ2) is 7.83. The zero-order valence-electron chi connectivity index (χ0n) is 17.3. The molecule has 8 heteroatoms. The Morgan fingerprint density at radius 3 is 2.57 bits per heavy atom. The Labute approximate surface area is 166 Å². The molecule has 156 valence electrons. The van der Waals surface area contributed by atoms with Gasteiger partial charge < -0.3 is 20.1 Å². The van der Waals surface area contributed by atoms with Gasteiger partial charge in [0.05, 0.1) is 16.8 Å². The number of aliphatic hydroxyl groups is 1. The Hall–Kier alpha value is -1.93. The van der Waals surface area contributed by atoms with Crippen molar-refractivity contribution in [2.24, 2.45) is 0 Å². The van der Waals surface area contributed by atoms with Crippen molar-refractivity contribution in [3.63, 3.8) is 0 Å². The van der Waals surface area contributed by atoms with Crippen molar-refractivity contribution in [2.75, 3.05) is 19.7 Å². The topological polar surface area (TPSA) is 96.7 Å². The number of amides is 2. The minimum atomic E-state index is -0.801. The van der Waals surface area contributed by atoms with Crippen molar-refractivity contribution in [3.8, 4) is 0 Å². The summed E-state index contributed by atoms with van der Waals surface area (Å²) in [6, 6.07) is 2.00. The van der Waals surface area contributed by atoms with Gasteiger partial charge >= 0.3 is 0 Å². The summed E-state index contributed by atoms with van der Waals surface area (Å²) in [5.74, 6) is -0.0623. The molecule has 1 aromatic heterocycles. The lowest BCUT2D eigenvalue weighted by Gasteiger charge is -2.53. The molecule has 2 atom stereocenters. The molecule has 1 spiro atoms. The largest absolute Gasteiger partial charge is 0.388 e. The quantitative estimate of drug-likeness (QED) is 0.795. The van der Waals surface area contributed by atoms with Gasteiger partial charge in [-0.1, -0.05) is 0 Å². The van der Waals surface area contributed by atoms with E-state index in [1.165, 1.54) is 6.92 Å². The molecule has 0 aromatic carbocycles. The van der Waals surface area contributed by atoms with Gasteiger partial charge in [-0.15, -0.1) is 0 Å². The van der Waals surface area contributed by atoms with Crippen LogP contribution in [0.5, 0.6) is 0 Å². The summed E-state index contributed by atoms with van der Waals surface area (Å²) in [6.45, 7) is 9.41. The number of rotatable bonds is 4. The van der Waals surface area contributed by atoms with Gasteiger partial charge in [-0.2, -0.15) is 5.10 Å². The molecular formula is C20H32N4O4. The molecule has 0 unspecified atom stereocenters. The van der Waals surface area contributed by atoms with Crippen LogP contribution in [0.1, 0.15) is 50.9 Å². The zero-order valence-corrected chi connectivity index (χ0v) is 17.3. The predicted molar refractivity (Wildman–Crippen MR) is 104 cm³/mol. The first-order chi connectivity index (χ1) is 13.2. The number of aromatic nitrogens is 2. The van der Waals surface area contributed by atoms with Crippen molar-refractivity contribution in [3.05, 3.63) is 17.5 Å². The van der Waals surface area contributed by atoms with E-state index in [2.05, 4.69) is 10.4 Å². The average Bonchev–Trinajstić information content (AvgIpc) is 2.95. The molecule has 0 radical (unpaired) electrons. The third kappa shape index (κ3) is 4.07. The SMILES string of the molecule is CC(=O)N[C@@]1(C)CCOC2(CCN(C(=O)CCn3nc(C)cc3C)CC2)[C@@H]1O. The number of aryl methyl sites for hydroxylation is 3. The van der Waals surface area contributed by atoms with Crippen LogP contribution in [0.4, 0.5) is 0 Å². The maximum atomic E-state index is 12.6. The van der Waals surface area contributed by atoms with Crippen LogP contribution in [-0.2, 0) is 20.9 Å². The molecule has 1 aromatic rings. The molecule has 3 heterocycles. The zero-order chi connectivity index (χ0) is 20.5. The van der Waals surface area contributed by atoms with E-state index in [1.807, 2.05) is 36.4 Å². The lowest BCUT2D eigenvalue weighted by atomic mass is 9.73. The van der Waals surface area contributed by atoms with Crippen LogP contribution in [0.2, 0.25) is 0 Å². The number of aliphatic hydroxyl groups excluding tert-OH is 1. The maximum absolute atomic E-state index is 12.6. The van der Waals surface area contributed by atoms with Crippen LogP contribution >= 0.6 is 0 Å². The second-order valence-corrected chi connectivity index (χ2v) is 8.45. The highest BCUT2D eigenvalue weighted by molar-refractivity contribution is 5.76. The molecule has 2 aliphatic heterocycles. The number of carbonyl (C=O) groups excluding carboxylic acids is 2. The van der Waals surface area contributed by atoms with Crippen LogP contribution in [0.3, 0.4) is 0 Å². The lowest BCUT2D eigenvalue weighted by Crippen LogP contribution is -2.69. The molecule has 28 heavy (non-hydrogen) atoms. The van der Waals surface area contributed by atoms with Crippen molar-refractivity contribution in [1.29, 1.82) is 0 Å². The highest BCUT2D eigenvalue weighted by Crippen LogP contribution is 2.40. The molecule has 2 N–H and O–H groups in total. The van der Waals surface area contributed by atoms with Gasteiger partial charge in [0.1, 0.15) is 6.10 Å². The van der Waals surface area contributed by atoms with Gasteiger partial charge in [0.15, 0.2) is 0 Å². The number of ether oxygens (including phenoxy) is 1. The summed E-state index contributed by atoms with van der Waals surface area (Å²) in [4.78, 5) is 26.1. The van der Waals surface area contributed by atoms with Gasteiger partial charge in [-0.05, 0) is 46.1 Å². The van der Waals surface area contributed by atoms with E-state index < -0.39 is 17.2 Å². The third-order valence-corrected chi connectivity index (χ3v) is 6.18. The van der Waals surface area contributed by atoms with E-state index in [-0.39, 0.29) is 11.8 Å². The molecule has 2 saturated heterocycles. The fourth-order valence-electron chi connectivity index (χ4n) is 4.61. The van der Waals surface area contributed by atoms with Gasteiger partial charge in [0.25, 0.3) is 0 Å². The van der Waals surface area contributed by atoms with Crippen molar-refractivity contribution >= 4 is 11.8 Å². The van der Waals surface area contributed by atoms with Gasteiger partial charge in [-0.25, -0.2) is 0 Å². The van der Waals surface area contributed by atoms with Crippen molar-refractivity contribution in [2.45, 2.75) is 77.2 Å². The third-order valence-electron chi connectivity index (χ3n) is 6.18. The summed E-state index contributed by atoms with van der Waals surface area (Å²) in [5, 5.41) is 18.3. The van der Waals surface area contributed by atoms with Crippen LogP contribution < -0.4 is 5.32 Å². The first-order valence-electron chi connectivity index (χ1n) is 10.0. The van der Waals surface area contributed by atoms with Gasteiger partial charge in [0.2, 0.25) is 11.8 Å². The number of carbonyl (C=O) groups is 2. The minimum absolute atomic E-state index is 0.0947. The van der Waals surface area contributed by atoms with E-state index >= 15 is 0 Å². The van der Waals surface area contributed by atoms with Crippen molar-refractivity contribution in [1.82, 2.24) is 20.0 Å². The molecule has 3 rings (SSSR count). The van der Waals surface area contributed by atoms with Crippen LogP contribution in [-0.4, -0.2) is 68.5 Å². The number of piperidine rings is 1. The number of hydrogen-bond acceptors (Lipinski definition) is 5. The van der Waals surface area contributed by atoms with Gasteiger partial charge in [-0.3, -0.25) is 14.3 Å². The van der Waals surface area contributed by atoms with Gasteiger partial charge in [0, 0.05) is 45.3 Å². The lowest BCUT2D eigenvalue weighted by molar-refractivity contribution is -0.208. The first kappa shape index (κ1) is 20.8. The molecule has 0 saturated carbocycles. The fraction of sp³-hybridized carbons (Fsp3) is 0.750. The smallest absolute Gasteiger partial charge is 0.224 e. The number of nitrogens with zero attached hydrogens (tertiary/aromatic N) is 3. The van der Waals surface area contributed by atoms with Crippen LogP contribution in [0.25, 0.3) is 0 Å². The number of hydrogen-bond donors (Lipinski definition) is 2. The summed E-state index contributed by atoms with van der Waals surface area (Å²) in [5.41, 5.74) is 0.600. The second-order valence-electron chi connectivity index (χ2n) is 8.45. The molecule has 2 fully saturated rings. The Balaban J connectivity index is 1.57.